The number of rotatable bonds is 7. The summed E-state index contributed by atoms with van der Waals surface area (Å²) in [7, 11) is 0. The number of benzene rings is 1. The average molecular weight is 258 g/mol. The van der Waals surface area contributed by atoms with Gasteiger partial charge in [0.25, 0.3) is 0 Å². The highest BCUT2D eigenvalue weighted by molar-refractivity contribution is 5.22. The van der Waals surface area contributed by atoms with Gasteiger partial charge >= 0.3 is 0 Å². The van der Waals surface area contributed by atoms with Crippen molar-refractivity contribution >= 4 is 0 Å². The molecule has 0 amide bonds. The lowest BCUT2D eigenvalue weighted by atomic mass is 9.88. The molecule has 0 aliphatic carbocycles. The molecule has 0 radical (unpaired) electrons. The van der Waals surface area contributed by atoms with E-state index in [-0.39, 0.29) is 0 Å². The van der Waals surface area contributed by atoms with Crippen LogP contribution in [0.4, 0.5) is 0 Å². The molecule has 0 aliphatic heterocycles. The first-order chi connectivity index (χ1) is 9.24. The van der Waals surface area contributed by atoms with Gasteiger partial charge in [0.15, 0.2) is 0 Å². The van der Waals surface area contributed by atoms with Gasteiger partial charge < -0.3 is 9.67 Å². The Labute approximate surface area is 114 Å². The van der Waals surface area contributed by atoms with Crippen molar-refractivity contribution < 1.29 is 5.11 Å². The van der Waals surface area contributed by atoms with E-state index in [1.54, 1.807) is 12.5 Å². The van der Waals surface area contributed by atoms with Crippen LogP contribution < -0.4 is 0 Å². The van der Waals surface area contributed by atoms with Crippen molar-refractivity contribution in [3.8, 4) is 0 Å². The van der Waals surface area contributed by atoms with Gasteiger partial charge in [0.05, 0.1) is 12.9 Å². The molecule has 1 atom stereocenters. The zero-order chi connectivity index (χ0) is 13.6. The second-order valence-corrected chi connectivity index (χ2v) is 5.09. The van der Waals surface area contributed by atoms with Crippen molar-refractivity contribution in [1.82, 2.24) is 9.55 Å². The number of hydrogen-bond acceptors (Lipinski definition) is 2. The fraction of sp³-hybridized carbons (Fsp3) is 0.438. The van der Waals surface area contributed by atoms with Crippen LogP contribution in [0.15, 0.2) is 49.1 Å². The van der Waals surface area contributed by atoms with Crippen molar-refractivity contribution in [2.45, 2.75) is 44.8 Å². The predicted molar refractivity (Wildman–Crippen MR) is 76.7 cm³/mol. The molecule has 19 heavy (non-hydrogen) atoms. The Morgan fingerprint density at radius 3 is 2.63 bits per heavy atom. The molecule has 1 aromatic heterocycles. The molecule has 0 saturated heterocycles. The minimum atomic E-state index is -0.808. The van der Waals surface area contributed by atoms with Gasteiger partial charge in [-0.2, -0.15) is 0 Å². The van der Waals surface area contributed by atoms with Gasteiger partial charge in [-0.3, -0.25) is 0 Å². The third-order valence-electron chi connectivity index (χ3n) is 3.51. The monoisotopic (exact) mass is 258 g/mol. The van der Waals surface area contributed by atoms with Gasteiger partial charge in [-0.1, -0.05) is 56.5 Å². The SMILES string of the molecule is CCCCCC(O)(Cn1ccnc1)c1ccccc1. The molecule has 1 heterocycles. The minimum Gasteiger partial charge on any atom is -0.383 e. The molecule has 1 unspecified atom stereocenters. The average Bonchev–Trinajstić information content (AvgIpc) is 2.93. The summed E-state index contributed by atoms with van der Waals surface area (Å²) in [6.07, 6.45) is 9.54. The minimum absolute atomic E-state index is 0.556. The van der Waals surface area contributed by atoms with Gasteiger partial charge in [0, 0.05) is 12.4 Å². The standard InChI is InChI=1S/C16H22N2O/c1-2-3-7-10-16(19,13-18-12-11-17-14-18)15-8-5-4-6-9-15/h4-6,8-9,11-12,14,19H,2-3,7,10,13H2,1H3. The fourth-order valence-corrected chi connectivity index (χ4v) is 2.41. The maximum absolute atomic E-state index is 11.0. The predicted octanol–water partition coefficient (Wildman–Crippen LogP) is 3.35. The summed E-state index contributed by atoms with van der Waals surface area (Å²) in [4.78, 5) is 4.05. The molecular formula is C16H22N2O. The summed E-state index contributed by atoms with van der Waals surface area (Å²) in [6, 6.07) is 9.95. The molecule has 0 spiro atoms. The molecule has 2 rings (SSSR count). The molecule has 1 aromatic carbocycles. The van der Waals surface area contributed by atoms with Gasteiger partial charge in [0.2, 0.25) is 0 Å². The third kappa shape index (κ3) is 3.67. The first-order valence-corrected chi connectivity index (χ1v) is 6.98. The van der Waals surface area contributed by atoms with Gasteiger partial charge in [0.1, 0.15) is 5.60 Å². The van der Waals surface area contributed by atoms with Crippen molar-refractivity contribution in [2.24, 2.45) is 0 Å². The zero-order valence-corrected chi connectivity index (χ0v) is 11.5. The van der Waals surface area contributed by atoms with E-state index in [0.29, 0.717) is 6.54 Å². The van der Waals surface area contributed by atoms with E-state index in [4.69, 9.17) is 0 Å². The molecule has 102 valence electrons. The number of imidazole rings is 1. The van der Waals surface area contributed by atoms with E-state index < -0.39 is 5.60 Å². The number of aromatic nitrogens is 2. The summed E-state index contributed by atoms with van der Waals surface area (Å²) in [5, 5.41) is 11.0. The van der Waals surface area contributed by atoms with Crippen LogP contribution in [0, 0.1) is 0 Å². The lowest BCUT2D eigenvalue weighted by Crippen LogP contribution is -2.31. The highest BCUT2D eigenvalue weighted by Crippen LogP contribution is 2.29. The van der Waals surface area contributed by atoms with E-state index in [0.717, 1.165) is 31.2 Å². The van der Waals surface area contributed by atoms with Crippen LogP contribution in [-0.4, -0.2) is 14.7 Å². The molecule has 0 bridgehead atoms. The van der Waals surface area contributed by atoms with Gasteiger partial charge in [-0.25, -0.2) is 4.98 Å². The summed E-state index contributed by atoms with van der Waals surface area (Å²) in [5.74, 6) is 0. The van der Waals surface area contributed by atoms with E-state index >= 15 is 0 Å². The second kappa shape index (κ2) is 6.53. The van der Waals surface area contributed by atoms with Crippen LogP contribution in [0.2, 0.25) is 0 Å². The Morgan fingerprint density at radius 1 is 1.21 bits per heavy atom. The van der Waals surface area contributed by atoms with Crippen LogP contribution in [0.1, 0.15) is 38.2 Å². The Kier molecular flexibility index (Phi) is 4.74. The highest BCUT2D eigenvalue weighted by Gasteiger charge is 2.28. The van der Waals surface area contributed by atoms with Gasteiger partial charge in [-0.15, -0.1) is 0 Å². The largest absolute Gasteiger partial charge is 0.383 e. The smallest absolute Gasteiger partial charge is 0.107 e. The van der Waals surface area contributed by atoms with Gasteiger partial charge in [-0.05, 0) is 12.0 Å². The van der Waals surface area contributed by atoms with E-state index in [2.05, 4.69) is 11.9 Å². The molecule has 3 nitrogen and oxygen atoms in total. The number of unbranched alkanes of at least 4 members (excludes halogenated alkanes) is 2. The molecule has 3 heteroatoms. The van der Waals surface area contributed by atoms with Crippen LogP contribution in [0.3, 0.4) is 0 Å². The lowest BCUT2D eigenvalue weighted by Gasteiger charge is -2.29. The van der Waals surface area contributed by atoms with Crippen molar-refractivity contribution in [3.05, 3.63) is 54.6 Å². The molecule has 0 fully saturated rings. The van der Waals surface area contributed by atoms with E-state index in [9.17, 15) is 5.11 Å². The number of nitrogens with zero attached hydrogens (tertiary/aromatic N) is 2. The van der Waals surface area contributed by atoms with Crippen molar-refractivity contribution in [3.63, 3.8) is 0 Å². The van der Waals surface area contributed by atoms with Crippen LogP contribution >= 0.6 is 0 Å². The van der Waals surface area contributed by atoms with Crippen LogP contribution in [0.25, 0.3) is 0 Å². The molecule has 0 saturated carbocycles. The van der Waals surface area contributed by atoms with E-state index in [1.807, 2.05) is 41.1 Å². The van der Waals surface area contributed by atoms with E-state index in [1.165, 1.54) is 0 Å². The third-order valence-corrected chi connectivity index (χ3v) is 3.51. The Bertz CT molecular complexity index is 467. The summed E-state index contributed by atoms with van der Waals surface area (Å²) in [6.45, 7) is 2.73. The normalized spacial score (nSPS) is 14.2. The number of aliphatic hydroxyl groups is 1. The quantitative estimate of drug-likeness (QED) is 0.773. The highest BCUT2D eigenvalue weighted by atomic mass is 16.3. The molecule has 1 N–H and O–H groups in total. The number of hydrogen-bond donors (Lipinski definition) is 1. The van der Waals surface area contributed by atoms with Crippen molar-refractivity contribution in [1.29, 1.82) is 0 Å². The van der Waals surface area contributed by atoms with Crippen LogP contribution in [0.5, 0.6) is 0 Å². The Morgan fingerprint density at radius 2 is 2.00 bits per heavy atom. The molecule has 2 aromatic rings. The Balaban J connectivity index is 2.17. The second-order valence-electron chi connectivity index (χ2n) is 5.09. The lowest BCUT2D eigenvalue weighted by molar-refractivity contribution is 0.00716. The zero-order valence-electron chi connectivity index (χ0n) is 11.5. The summed E-state index contributed by atoms with van der Waals surface area (Å²) < 4.78 is 1.94. The van der Waals surface area contributed by atoms with Crippen molar-refractivity contribution in [2.75, 3.05) is 0 Å². The maximum atomic E-state index is 11.0. The molecule has 0 aliphatic rings. The summed E-state index contributed by atoms with van der Waals surface area (Å²) in [5.41, 5.74) is 0.178. The first kappa shape index (κ1) is 13.8. The topological polar surface area (TPSA) is 38.0 Å². The first-order valence-electron chi connectivity index (χ1n) is 6.98. The summed E-state index contributed by atoms with van der Waals surface area (Å²) >= 11 is 0. The maximum Gasteiger partial charge on any atom is 0.107 e. The molecular weight excluding hydrogens is 236 g/mol. The van der Waals surface area contributed by atoms with Crippen LogP contribution in [-0.2, 0) is 12.1 Å². The fourth-order valence-electron chi connectivity index (χ4n) is 2.41. The Hall–Kier alpha value is -1.61.